The SMILES string of the molecule is Cn1cnc(C(=O)N2C[C@H]3[C@@H]([C@H]2C(=O)O)C3(C)C)c1. The van der Waals surface area contributed by atoms with Gasteiger partial charge in [0.25, 0.3) is 5.91 Å². The molecule has 1 aromatic rings. The van der Waals surface area contributed by atoms with Crippen LogP contribution >= 0.6 is 0 Å². The van der Waals surface area contributed by atoms with E-state index in [1.807, 2.05) is 0 Å². The number of imidazole rings is 1. The number of carboxylic acids is 1. The summed E-state index contributed by atoms with van der Waals surface area (Å²) in [5.74, 6) is -0.836. The Kier molecular flexibility index (Phi) is 2.30. The molecular formula is C13H17N3O3. The molecule has 0 aromatic carbocycles. The summed E-state index contributed by atoms with van der Waals surface area (Å²) in [6.45, 7) is 4.66. The highest BCUT2D eigenvalue weighted by Crippen LogP contribution is 2.64. The number of carbonyl (C=O) groups excluding carboxylic acids is 1. The number of rotatable bonds is 2. The maximum atomic E-state index is 12.3. The van der Waals surface area contributed by atoms with E-state index in [0.717, 1.165) is 0 Å². The first-order valence-corrected chi connectivity index (χ1v) is 6.35. The van der Waals surface area contributed by atoms with Crippen LogP contribution in [0.2, 0.25) is 0 Å². The molecule has 0 unspecified atom stereocenters. The highest BCUT2D eigenvalue weighted by molar-refractivity contribution is 5.95. The standard InChI is InChI=1S/C13H17N3O3/c1-13(2)7-4-16(10(9(7)13)12(18)19)11(17)8-5-15(3)6-14-8/h5-7,9-10H,4H2,1-3H3,(H,18,19)/t7-,9-,10-/m0/s1. The number of aliphatic carboxylic acids is 1. The first kappa shape index (κ1) is 12.2. The van der Waals surface area contributed by atoms with Crippen molar-refractivity contribution in [2.24, 2.45) is 24.3 Å². The zero-order valence-corrected chi connectivity index (χ0v) is 11.2. The van der Waals surface area contributed by atoms with Gasteiger partial charge in [0.15, 0.2) is 0 Å². The van der Waals surface area contributed by atoms with Crippen molar-refractivity contribution in [1.29, 1.82) is 0 Å². The summed E-state index contributed by atoms with van der Waals surface area (Å²) < 4.78 is 1.68. The summed E-state index contributed by atoms with van der Waals surface area (Å²) in [6, 6.07) is -0.713. The normalized spacial score (nSPS) is 31.1. The van der Waals surface area contributed by atoms with Crippen LogP contribution in [0.4, 0.5) is 0 Å². The minimum Gasteiger partial charge on any atom is -0.480 e. The number of hydrogen-bond acceptors (Lipinski definition) is 3. The number of aromatic nitrogens is 2. The Morgan fingerprint density at radius 3 is 2.68 bits per heavy atom. The number of hydrogen-bond donors (Lipinski definition) is 1. The molecule has 1 N–H and O–H groups in total. The molecule has 3 rings (SSSR count). The summed E-state index contributed by atoms with van der Waals surface area (Å²) in [7, 11) is 1.78. The van der Waals surface area contributed by atoms with Gasteiger partial charge in [-0.2, -0.15) is 0 Å². The van der Waals surface area contributed by atoms with Crippen LogP contribution in [0.3, 0.4) is 0 Å². The maximum absolute atomic E-state index is 12.3. The van der Waals surface area contributed by atoms with E-state index < -0.39 is 12.0 Å². The molecule has 2 fully saturated rings. The van der Waals surface area contributed by atoms with Gasteiger partial charge in [0.1, 0.15) is 11.7 Å². The van der Waals surface area contributed by atoms with Gasteiger partial charge in [-0.25, -0.2) is 9.78 Å². The van der Waals surface area contributed by atoms with E-state index in [0.29, 0.717) is 18.2 Å². The van der Waals surface area contributed by atoms with Crippen LogP contribution in [0, 0.1) is 17.3 Å². The van der Waals surface area contributed by atoms with E-state index >= 15 is 0 Å². The van der Waals surface area contributed by atoms with Gasteiger partial charge < -0.3 is 14.6 Å². The van der Waals surface area contributed by atoms with E-state index in [2.05, 4.69) is 18.8 Å². The van der Waals surface area contributed by atoms with Crippen LogP contribution in [0.1, 0.15) is 24.3 Å². The van der Waals surface area contributed by atoms with E-state index in [9.17, 15) is 14.7 Å². The minimum absolute atomic E-state index is 0.0317. The van der Waals surface area contributed by atoms with Gasteiger partial charge in [-0.05, 0) is 11.3 Å². The molecule has 1 saturated carbocycles. The van der Waals surface area contributed by atoms with Gasteiger partial charge in [0.05, 0.1) is 6.33 Å². The quantitative estimate of drug-likeness (QED) is 0.848. The molecule has 2 heterocycles. The molecule has 0 spiro atoms. The minimum atomic E-state index is -0.914. The van der Waals surface area contributed by atoms with Gasteiger partial charge in [-0.15, -0.1) is 0 Å². The Bertz CT molecular complexity index is 563. The number of fused-ring (bicyclic) bond motifs is 1. The second-order valence-corrected chi connectivity index (χ2v) is 6.12. The fourth-order valence-electron chi connectivity index (χ4n) is 3.45. The number of aryl methyl sites for hydroxylation is 1. The Morgan fingerprint density at radius 2 is 2.16 bits per heavy atom. The van der Waals surface area contributed by atoms with Crippen LogP contribution in [-0.2, 0) is 11.8 Å². The summed E-state index contributed by atoms with van der Waals surface area (Å²) >= 11 is 0. The van der Waals surface area contributed by atoms with Gasteiger partial charge in [-0.1, -0.05) is 13.8 Å². The first-order valence-electron chi connectivity index (χ1n) is 6.35. The molecule has 6 nitrogen and oxygen atoms in total. The third-order valence-corrected chi connectivity index (χ3v) is 4.65. The average molecular weight is 263 g/mol. The van der Waals surface area contributed by atoms with Crippen molar-refractivity contribution in [3.05, 3.63) is 18.2 Å². The highest BCUT2D eigenvalue weighted by atomic mass is 16.4. The Morgan fingerprint density at radius 1 is 1.47 bits per heavy atom. The Labute approximate surface area is 111 Å². The second-order valence-electron chi connectivity index (χ2n) is 6.12. The zero-order chi connectivity index (χ0) is 13.9. The lowest BCUT2D eigenvalue weighted by Gasteiger charge is -2.27. The zero-order valence-electron chi connectivity index (χ0n) is 11.2. The molecule has 0 bridgehead atoms. The summed E-state index contributed by atoms with van der Waals surface area (Å²) in [6.07, 6.45) is 3.17. The van der Waals surface area contributed by atoms with Crippen LogP contribution < -0.4 is 0 Å². The molecule has 6 heteroatoms. The van der Waals surface area contributed by atoms with Crippen LogP contribution in [0.15, 0.2) is 12.5 Å². The lowest BCUT2D eigenvalue weighted by molar-refractivity contribution is -0.142. The van der Waals surface area contributed by atoms with Crippen molar-refractivity contribution in [3.63, 3.8) is 0 Å². The molecule has 3 atom stereocenters. The predicted molar refractivity (Wildman–Crippen MR) is 66.4 cm³/mol. The first-order chi connectivity index (χ1) is 8.84. The number of likely N-dealkylation sites (tertiary alicyclic amines) is 1. The fraction of sp³-hybridized carbons (Fsp3) is 0.615. The second kappa shape index (κ2) is 3.59. The molecule has 1 aliphatic carbocycles. The molecule has 2 aliphatic rings. The van der Waals surface area contributed by atoms with Crippen molar-refractivity contribution < 1.29 is 14.7 Å². The third kappa shape index (κ3) is 1.59. The molecule has 0 radical (unpaired) electrons. The Hall–Kier alpha value is -1.85. The van der Waals surface area contributed by atoms with E-state index in [-0.39, 0.29) is 17.2 Å². The third-order valence-electron chi connectivity index (χ3n) is 4.65. The molecule has 1 saturated heterocycles. The van der Waals surface area contributed by atoms with E-state index in [1.165, 1.54) is 4.90 Å². The lowest BCUT2D eigenvalue weighted by atomic mass is 10.0. The molecule has 102 valence electrons. The van der Waals surface area contributed by atoms with Crippen molar-refractivity contribution in [2.75, 3.05) is 6.54 Å². The number of carboxylic acid groups (broad SMARTS) is 1. The van der Waals surface area contributed by atoms with Gasteiger partial charge in [0.2, 0.25) is 0 Å². The number of amides is 1. The van der Waals surface area contributed by atoms with Crippen molar-refractivity contribution >= 4 is 11.9 Å². The predicted octanol–water partition coefficient (Wildman–Crippen LogP) is 0.601. The average Bonchev–Trinajstić information content (AvgIpc) is 2.78. The van der Waals surface area contributed by atoms with Crippen molar-refractivity contribution in [2.45, 2.75) is 19.9 Å². The van der Waals surface area contributed by atoms with Crippen LogP contribution in [0.25, 0.3) is 0 Å². The largest absolute Gasteiger partial charge is 0.480 e. The topological polar surface area (TPSA) is 75.4 Å². The monoisotopic (exact) mass is 263 g/mol. The molecule has 19 heavy (non-hydrogen) atoms. The summed E-state index contributed by atoms with van der Waals surface area (Å²) in [5, 5.41) is 9.39. The van der Waals surface area contributed by atoms with Gasteiger partial charge >= 0.3 is 5.97 Å². The van der Waals surface area contributed by atoms with Crippen LogP contribution in [-0.4, -0.2) is 44.0 Å². The number of nitrogens with zero attached hydrogens (tertiary/aromatic N) is 3. The molecule has 1 amide bonds. The maximum Gasteiger partial charge on any atom is 0.326 e. The summed E-state index contributed by atoms with van der Waals surface area (Å²) in [5.41, 5.74) is 0.345. The molecule has 1 aliphatic heterocycles. The Balaban J connectivity index is 1.86. The van der Waals surface area contributed by atoms with Crippen LogP contribution in [0.5, 0.6) is 0 Å². The summed E-state index contributed by atoms with van der Waals surface area (Å²) in [4.78, 5) is 29.3. The number of piperidine rings is 1. The van der Waals surface area contributed by atoms with E-state index in [1.54, 1.807) is 24.1 Å². The van der Waals surface area contributed by atoms with E-state index in [4.69, 9.17) is 0 Å². The molecule has 1 aromatic heterocycles. The molecular weight excluding hydrogens is 246 g/mol. The fourth-order valence-corrected chi connectivity index (χ4v) is 3.45. The highest BCUT2D eigenvalue weighted by Gasteiger charge is 2.69. The lowest BCUT2D eigenvalue weighted by Crippen LogP contribution is -2.45. The van der Waals surface area contributed by atoms with Crippen molar-refractivity contribution in [3.8, 4) is 0 Å². The van der Waals surface area contributed by atoms with Gasteiger partial charge in [-0.3, -0.25) is 4.79 Å². The van der Waals surface area contributed by atoms with Gasteiger partial charge in [0, 0.05) is 25.7 Å². The number of carbonyl (C=O) groups is 2. The van der Waals surface area contributed by atoms with Crippen molar-refractivity contribution in [1.82, 2.24) is 14.5 Å². The smallest absolute Gasteiger partial charge is 0.326 e.